The fraction of sp³-hybridized carbons (Fsp3) is 0.556. The standard InChI is InChI=1S/C9H15BrS/c1-3-4-7-11(10)8-5-6-9(11)2/h5-6,8H,3-4,7H2,1-2H3. The lowest BCUT2D eigenvalue weighted by Crippen LogP contribution is -1.92. The van der Waals surface area contributed by atoms with E-state index in [9.17, 15) is 0 Å². The van der Waals surface area contributed by atoms with Gasteiger partial charge in [0.2, 0.25) is 0 Å². The highest BCUT2D eigenvalue weighted by molar-refractivity contribution is 9.59. The lowest BCUT2D eigenvalue weighted by molar-refractivity contribution is 0.895. The van der Waals surface area contributed by atoms with E-state index in [0.29, 0.717) is 0 Å². The minimum Gasteiger partial charge on any atom is -0.140 e. The molecule has 0 aromatic carbocycles. The first kappa shape index (κ1) is 9.40. The van der Waals surface area contributed by atoms with Crippen LogP contribution in [0.15, 0.2) is 22.5 Å². The zero-order valence-corrected chi connectivity index (χ0v) is 9.54. The van der Waals surface area contributed by atoms with Crippen LogP contribution in [0, 0.1) is 0 Å². The average Bonchev–Trinajstić information content (AvgIpc) is 2.30. The summed E-state index contributed by atoms with van der Waals surface area (Å²) in [5.74, 6) is 1.31. The van der Waals surface area contributed by atoms with Crippen LogP contribution < -0.4 is 0 Å². The monoisotopic (exact) mass is 234 g/mol. The molecule has 11 heavy (non-hydrogen) atoms. The molecule has 1 aliphatic rings. The van der Waals surface area contributed by atoms with Gasteiger partial charge in [0.15, 0.2) is 0 Å². The van der Waals surface area contributed by atoms with E-state index in [2.05, 4.69) is 46.2 Å². The highest BCUT2D eigenvalue weighted by Gasteiger charge is 2.20. The van der Waals surface area contributed by atoms with Gasteiger partial charge >= 0.3 is 0 Å². The lowest BCUT2D eigenvalue weighted by Gasteiger charge is -2.27. The van der Waals surface area contributed by atoms with Gasteiger partial charge in [-0.2, -0.15) is 0 Å². The molecule has 0 aromatic rings. The summed E-state index contributed by atoms with van der Waals surface area (Å²) >= 11 is 3.84. The fourth-order valence-corrected chi connectivity index (χ4v) is 4.50. The van der Waals surface area contributed by atoms with E-state index in [4.69, 9.17) is 0 Å². The minimum atomic E-state index is -0.652. The molecule has 0 bridgehead atoms. The summed E-state index contributed by atoms with van der Waals surface area (Å²) < 4.78 is 0. The molecule has 64 valence electrons. The van der Waals surface area contributed by atoms with Crippen LogP contribution in [0.1, 0.15) is 26.7 Å². The average molecular weight is 235 g/mol. The van der Waals surface area contributed by atoms with E-state index in [1.54, 1.807) is 0 Å². The van der Waals surface area contributed by atoms with Crippen LogP contribution in [0.2, 0.25) is 0 Å². The molecule has 1 rings (SSSR count). The summed E-state index contributed by atoms with van der Waals surface area (Å²) in [4.78, 5) is 1.52. The Labute approximate surface area is 78.3 Å². The molecule has 0 aromatic heterocycles. The van der Waals surface area contributed by atoms with Gasteiger partial charge in [0, 0.05) is 0 Å². The van der Waals surface area contributed by atoms with Crippen molar-refractivity contribution in [2.45, 2.75) is 26.7 Å². The second-order valence-electron chi connectivity index (χ2n) is 2.87. The molecular weight excluding hydrogens is 220 g/mol. The maximum atomic E-state index is 3.84. The molecule has 0 aliphatic carbocycles. The molecule has 2 heteroatoms. The molecule has 0 amide bonds. The zero-order valence-electron chi connectivity index (χ0n) is 7.14. The third kappa shape index (κ3) is 2.12. The summed E-state index contributed by atoms with van der Waals surface area (Å²) in [5.41, 5.74) is 0. The predicted molar refractivity (Wildman–Crippen MR) is 59.2 cm³/mol. The van der Waals surface area contributed by atoms with E-state index in [0.717, 1.165) is 0 Å². The first-order valence-electron chi connectivity index (χ1n) is 4.05. The van der Waals surface area contributed by atoms with E-state index in [1.807, 2.05) is 0 Å². The first-order valence-corrected chi connectivity index (χ1v) is 7.75. The van der Waals surface area contributed by atoms with Gasteiger partial charge in [-0.25, -0.2) is 0 Å². The Morgan fingerprint density at radius 2 is 2.27 bits per heavy atom. The maximum absolute atomic E-state index is 3.84. The van der Waals surface area contributed by atoms with Crippen LogP contribution in [-0.2, 0) is 0 Å². The molecule has 0 radical (unpaired) electrons. The van der Waals surface area contributed by atoms with E-state index < -0.39 is 8.46 Å². The Morgan fingerprint density at radius 3 is 2.73 bits per heavy atom. The summed E-state index contributed by atoms with van der Waals surface area (Å²) in [7, 11) is -0.652. The fourth-order valence-electron chi connectivity index (χ4n) is 1.10. The SMILES string of the molecule is CCCCS1(Br)C=CC=C1C. The normalized spacial score (nSPS) is 35.0. The topological polar surface area (TPSA) is 0 Å². The van der Waals surface area contributed by atoms with Crippen LogP contribution in [0.3, 0.4) is 0 Å². The van der Waals surface area contributed by atoms with Gasteiger partial charge in [-0.3, -0.25) is 0 Å². The molecule has 0 nitrogen and oxygen atoms in total. The Bertz CT molecular complexity index is 196. The van der Waals surface area contributed by atoms with Gasteiger partial charge in [-0.05, 0) is 44.2 Å². The summed E-state index contributed by atoms with van der Waals surface area (Å²) in [5, 5.41) is 2.33. The second-order valence-corrected chi connectivity index (χ2v) is 9.07. The lowest BCUT2D eigenvalue weighted by atomic mass is 10.4. The van der Waals surface area contributed by atoms with Crippen molar-refractivity contribution in [1.29, 1.82) is 0 Å². The van der Waals surface area contributed by atoms with Crippen molar-refractivity contribution in [2.24, 2.45) is 0 Å². The van der Waals surface area contributed by atoms with Gasteiger partial charge < -0.3 is 0 Å². The number of unbranched alkanes of at least 4 members (excludes halogenated alkanes) is 1. The largest absolute Gasteiger partial charge is 0.140 e. The number of allylic oxidation sites excluding steroid dienone is 3. The molecule has 0 N–H and O–H groups in total. The number of rotatable bonds is 3. The van der Waals surface area contributed by atoms with Crippen molar-refractivity contribution < 1.29 is 0 Å². The first-order chi connectivity index (χ1) is 5.19. The van der Waals surface area contributed by atoms with Crippen LogP contribution in [-0.4, -0.2) is 5.75 Å². The molecule has 0 saturated carbocycles. The molecular formula is C9H15BrS. The highest BCUT2D eigenvalue weighted by atomic mass is 79.9. The van der Waals surface area contributed by atoms with Gasteiger partial charge in [-0.15, -0.1) is 8.46 Å². The summed E-state index contributed by atoms with van der Waals surface area (Å²) in [6, 6.07) is 0. The molecule has 0 saturated heterocycles. The van der Waals surface area contributed by atoms with Crippen molar-refractivity contribution in [3.8, 4) is 0 Å². The van der Waals surface area contributed by atoms with Gasteiger partial charge in [0.25, 0.3) is 0 Å². The smallest absolute Gasteiger partial charge is 0.00630 e. The summed E-state index contributed by atoms with van der Waals surface area (Å²) in [6.45, 7) is 4.47. The number of hydrogen-bond acceptors (Lipinski definition) is 0. The zero-order chi connectivity index (χ0) is 8.32. The van der Waals surface area contributed by atoms with Crippen LogP contribution in [0.4, 0.5) is 0 Å². The number of halogens is 1. The third-order valence-corrected chi connectivity index (χ3v) is 7.78. The van der Waals surface area contributed by atoms with Crippen molar-refractivity contribution in [2.75, 3.05) is 5.75 Å². The van der Waals surface area contributed by atoms with Crippen LogP contribution in [0.5, 0.6) is 0 Å². The molecule has 1 atom stereocenters. The van der Waals surface area contributed by atoms with Crippen molar-refractivity contribution >= 4 is 23.3 Å². The van der Waals surface area contributed by atoms with E-state index in [1.165, 1.54) is 23.5 Å². The van der Waals surface area contributed by atoms with Crippen LogP contribution in [0.25, 0.3) is 0 Å². The van der Waals surface area contributed by atoms with E-state index in [-0.39, 0.29) is 0 Å². The molecule has 0 fully saturated rings. The molecule has 1 aliphatic heterocycles. The van der Waals surface area contributed by atoms with E-state index >= 15 is 0 Å². The molecule has 1 unspecified atom stereocenters. The number of hydrogen-bond donors (Lipinski definition) is 0. The minimum absolute atomic E-state index is 0.652. The highest BCUT2D eigenvalue weighted by Crippen LogP contribution is 2.66. The predicted octanol–water partition coefficient (Wildman–Crippen LogP) is 4.33. The van der Waals surface area contributed by atoms with Crippen molar-refractivity contribution in [1.82, 2.24) is 0 Å². The second kappa shape index (κ2) is 3.81. The van der Waals surface area contributed by atoms with Crippen LogP contribution >= 0.6 is 23.3 Å². The Morgan fingerprint density at radius 1 is 1.55 bits per heavy atom. The maximum Gasteiger partial charge on any atom is -0.00630 e. The Balaban J connectivity index is 2.53. The summed E-state index contributed by atoms with van der Waals surface area (Å²) in [6.07, 6.45) is 7.02. The van der Waals surface area contributed by atoms with Gasteiger partial charge in [0.05, 0.1) is 0 Å². The molecule has 0 spiro atoms. The Hall–Kier alpha value is 0.310. The van der Waals surface area contributed by atoms with Crippen molar-refractivity contribution in [3.63, 3.8) is 0 Å². The third-order valence-electron chi connectivity index (χ3n) is 1.96. The Kier molecular flexibility index (Phi) is 3.26. The van der Waals surface area contributed by atoms with Crippen molar-refractivity contribution in [3.05, 3.63) is 22.5 Å². The molecule has 1 heterocycles. The van der Waals surface area contributed by atoms with Gasteiger partial charge in [-0.1, -0.05) is 25.5 Å². The van der Waals surface area contributed by atoms with Gasteiger partial charge in [0.1, 0.15) is 0 Å². The quantitative estimate of drug-likeness (QED) is 0.682.